The van der Waals surface area contributed by atoms with E-state index >= 15 is 0 Å². The smallest absolute Gasteiger partial charge is 0.321 e. The number of imide groups is 1. The number of aromatic nitrogens is 3. The van der Waals surface area contributed by atoms with Gasteiger partial charge in [0.25, 0.3) is 5.56 Å². The maximum atomic E-state index is 11.6. The molecular formula is C11H18N6O3S. The monoisotopic (exact) mass is 314 g/mol. The van der Waals surface area contributed by atoms with Crippen LogP contribution in [-0.2, 0) is 4.79 Å². The fourth-order valence-electron chi connectivity index (χ4n) is 1.22. The minimum Gasteiger partial charge on any atom is -0.335 e. The number of nitrogens with one attached hydrogen (secondary N) is 2. The van der Waals surface area contributed by atoms with Crippen molar-refractivity contribution in [1.29, 1.82) is 0 Å². The maximum absolute atomic E-state index is 11.6. The zero-order valence-corrected chi connectivity index (χ0v) is 12.9. The standard InChI is InChI=1S/C11H18N6O3S/c1-4-6(2)13-10(20)14-8(18)5-21-11-16-15-7(3)9(19)17(11)12/h6H,4-5,12H2,1-3H3,(H2,13,14,18,20)/t6-/m0/s1. The highest BCUT2D eigenvalue weighted by Crippen LogP contribution is 2.10. The molecule has 0 aliphatic carbocycles. The van der Waals surface area contributed by atoms with E-state index < -0.39 is 17.5 Å². The number of thioether (sulfide) groups is 1. The summed E-state index contributed by atoms with van der Waals surface area (Å²) in [6, 6.07) is -0.585. The highest BCUT2D eigenvalue weighted by molar-refractivity contribution is 7.99. The number of carbonyl (C=O) groups is 2. The normalized spacial score (nSPS) is 11.8. The molecule has 3 amide bonds. The highest BCUT2D eigenvalue weighted by atomic mass is 32.2. The van der Waals surface area contributed by atoms with E-state index in [9.17, 15) is 14.4 Å². The van der Waals surface area contributed by atoms with Crippen LogP contribution in [0.1, 0.15) is 26.0 Å². The van der Waals surface area contributed by atoms with Crippen molar-refractivity contribution in [2.75, 3.05) is 11.6 Å². The topological polar surface area (TPSA) is 132 Å². The zero-order valence-electron chi connectivity index (χ0n) is 12.0. The average molecular weight is 314 g/mol. The van der Waals surface area contributed by atoms with E-state index in [2.05, 4.69) is 20.8 Å². The van der Waals surface area contributed by atoms with Gasteiger partial charge in [-0.15, -0.1) is 10.2 Å². The van der Waals surface area contributed by atoms with Gasteiger partial charge in [-0.05, 0) is 20.3 Å². The lowest BCUT2D eigenvalue weighted by molar-refractivity contribution is -0.117. The van der Waals surface area contributed by atoms with Gasteiger partial charge in [0, 0.05) is 6.04 Å². The third-order valence-electron chi connectivity index (χ3n) is 2.60. The molecule has 0 saturated carbocycles. The largest absolute Gasteiger partial charge is 0.335 e. The van der Waals surface area contributed by atoms with E-state index in [0.29, 0.717) is 0 Å². The number of hydrogen-bond acceptors (Lipinski definition) is 7. The van der Waals surface area contributed by atoms with Crippen molar-refractivity contribution in [2.24, 2.45) is 0 Å². The van der Waals surface area contributed by atoms with Gasteiger partial charge in [0.1, 0.15) is 5.69 Å². The summed E-state index contributed by atoms with van der Waals surface area (Å²) >= 11 is 0.917. The summed E-state index contributed by atoms with van der Waals surface area (Å²) < 4.78 is 0.819. The Kier molecular flexibility index (Phi) is 6.15. The van der Waals surface area contributed by atoms with Crippen molar-refractivity contribution >= 4 is 23.7 Å². The first kappa shape index (κ1) is 17.0. The van der Waals surface area contributed by atoms with E-state index in [1.165, 1.54) is 6.92 Å². The van der Waals surface area contributed by atoms with Crippen LogP contribution in [0.25, 0.3) is 0 Å². The summed E-state index contributed by atoms with van der Waals surface area (Å²) in [7, 11) is 0. The molecule has 0 fully saturated rings. The second kappa shape index (κ2) is 7.62. The molecule has 0 saturated heterocycles. The molecule has 0 aliphatic rings. The van der Waals surface area contributed by atoms with Crippen LogP contribution in [0.3, 0.4) is 0 Å². The molecule has 1 aromatic heterocycles. The molecule has 21 heavy (non-hydrogen) atoms. The minimum absolute atomic E-state index is 0.0253. The zero-order chi connectivity index (χ0) is 16.0. The van der Waals surface area contributed by atoms with Gasteiger partial charge in [0.2, 0.25) is 11.1 Å². The molecule has 9 nitrogen and oxygen atoms in total. The van der Waals surface area contributed by atoms with Crippen molar-refractivity contribution in [1.82, 2.24) is 25.5 Å². The first-order chi connectivity index (χ1) is 9.85. The molecule has 116 valence electrons. The van der Waals surface area contributed by atoms with Crippen molar-refractivity contribution < 1.29 is 9.59 Å². The lowest BCUT2D eigenvalue weighted by Crippen LogP contribution is -2.44. The van der Waals surface area contributed by atoms with Gasteiger partial charge >= 0.3 is 6.03 Å². The highest BCUT2D eigenvalue weighted by Gasteiger charge is 2.13. The Morgan fingerprint density at radius 3 is 2.71 bits per heavy atom. The Labute approximate surface area is 125 Å². The molecule has 1 heterocycles. The minimum atomic E-state index is -0.560. The van der Waals surface area contributed by atoms with Crippen LogP contribution in [0.2, 0.25) is 0 Å². The van der Waals surface area contributed by atoms with E-state index in [1.807, 2.05) is 13.8 Å². The van der Waals surface area contributed by atoms with E-state index in [4.69, 9.17) is 5.84 Å². The van der Waals surface area contributed by atoms with Crippen LogP contribution in [0.4, 0.5) is 4.79 Å². The second-order valence-electron chi connectivity index (χ2n) is 4.36. The van der Waals surface area contributed by atoms with Crippen LogP contribution >= 0.6 is 11.8 Å². The van der Waals surface area contributed by atoms with Gasteiger partial charge < -0.3 is 11.2 Å². The summed E-state index contributed by atoms with van der Waals surface area (Å²) in [6.07, 6.45) is 0.759. The number of amides is 3. The van der Waals surface area contributed by atoms with Gasteiger partial charge in [-0.25, -0.2) is 4.79 Å². The van der Waals surface area contributed by atoms with Gasteiger partial charge in [-0.1, -0.05) is 18.7 Å². The fraction of sp³-hybridized carbons (Fsp3) is 0.545. The quantitative estimate of drug-likeness (QED) is 0.487. The van der Waals surface area contributed by atoms with Crippen LogP contribution in [0, 0.1) is 6.92 Å². The summed E-state index contributed by atoms with van der Waals surface area (Å²) in [6.45, 7) is 5.23. The second-order valence-corrected chi connectivity index (χ2v) is 5.31. The molecule has 0 spiro atoms. The van der Waals surface area contributed by atoms with Crippen molar-refractivity contribution in [3.8, 4) is 0 Å². The summed E-state index contributed by atoms with van der Waals surface area (Å²) in [5.74, 6) is 4.90. The summed E-state index contributed by atoms with van der Waals surface area (Å²) in [4.78, 5) is 34.6. The number of rotatable bonds is 5. The Hall–Kier alpha value is -2.10. The predicted molar refractivity (Wildman–Crippen MR) is 78.3 cm³/mol. The molecule has 1 aromatic rings. The first-order valence-corrected chi connectivity index (χ1v) is 7.28. The summed E-state index contributed by atoms with van der Waals surface area (Å²) in [5.41, 5.74) is -0.318. The van der Waals surface area contributed by atoms with E-state index in [1.54, 1.807) is 0 Å². The molecule has 0 aromatic carbocycles. The fourth-order valence-corrected chi connectivity index (χ4v) is 1.88. The number of nitrogens with zero attached hydrogens (tertiary/aromatic N) is 3. The van der Waals surface area contributed by atoms with Crippen LogP contribution < -0.4 is 22.0 Å². The van der Waals surface area contributed by atoms with Gasteiger partial charge in [0.15, 0.2) is 0 Å². The first-order valence-electron chi connectivity index (χ1n) is 6.29. The van der Waals surface area contributed by atoms with E-state index in [-0.39, 0.29) is 22.6 Å². The van der Waals surface area contributed by atoms with Crippen LogP contribution in [0.5, 0.6) is 0 Å². The number of nitrogens with two attached hydrogens (primary N) is 1. The van der Waals surface area contributed by atoms with Crippen molar-refractivity contribution in [3.05, 3.63) is 16.0 Å². The van der Waals surface area contributed by atoms with Gasteiger partial charge in [0.05, 0.1) is 5.75 Å². The van der Waals surface area contributed by atoms with Crippen molar-refractivity contribution in [3.63, 3.8) is 0 Å². The number of urea groups is 1. The lowest BCUT2D eigenvalue weighted by atomic mass is 10.3. The Balaban J connectivity index is 2.52. The molecule has 0 radical (unpaired) electrons. The molecule has 0 bridgehead atoms. The van der Waals surface area contributed by atoms with Gasteiger partial charge in [-0.3, -0.25) is 14.9 Å². The Morgan fingerprint density at radius 1 is 1.43 bits per heavy atom. The number of hydrogen-bond donors (Lipinski definition) is 3. The molecule has 1 rings (SSSR count). The van der Waals surface area contributed by atoms with Crippen LogP contribution in [-0.4, -0.2) is 38.6 Å². The number of aryl methyl sites for hydroxylation is 1. The Bertz CT molecular complexity index is 588. The molecule has 1 atom stereocenters. The number of carbonyl (C=O) groups excluding carboxylic acids is 2. The third-order valence-corrected chi connectivity index (χ3v) is 3.54. The average Bonchev–Trinajstić information content (AvgIpc) is 2.43. The molecule has 0 unspecified atom stereocenters. The molecule has 4 N–H and O–H groups in total. The van der Waals surface area contributed by atoms with Crippen LogP contribution in [0.15, 0.2) is 9.95 Å². The lowest BCUT2D eigenvalue weighted by Gasteiger charge is -2.11. The van der Waals surface area contributed by atoms with Gasteiger partial charge in [-0.2, -0.15) is 4.68 Å². The molecule has 10 heteroatoms. The molecule has 0 aliphatic heterocycles. The predicted octanol–water partition coefficient (Wildman–Crippen LogP) is -0.623. The maximum Gasteiger partial charge on any atom is 0.321 e. The number of nitrogen functional groups attached to an aromatic ring is 1. The summed E-state index contributed by atoms with van der Waals surface area (Å²) in [5, 5.41) is 12.2. The SMILES string of the molecule is CC[C@H](C)NC(=O)NC(=O)CSc1nnc(C)c(=O)n1N. The van der Waals surface area contributed by atoms with E-state index in [0.717, 1.165) is 22.9 Å². The molecular weight excluding hydrogens is 296 g/mol. The third kappa shape index (κ3) is 5.06. The van der Waals surface area contributed by atoms with Crippen molar-refractivity contribution in [2.45, 2.75) is 38.4 Å². The Morgan fingerprint density at radius 2 is 2.10 bits per heavy atom.